The average molecular weight is 220 g/mol. The molecule has 0 saturated heterocycles. The van der Waals surface area contributed by atoms with Gasteiger partial charge in [0.2, 0.25) is 0 Å². The fraction of sp³-hybridized carbons (Fsp3) is 0.556. The van der Waals surface area contributed by atoms with Crippen molar-refractivity contribution in [2.24, 2.45) is 10.9 Å². The van der Waals surface area contributed by atoms with Crippen LogP contribution < -0.4 is 0 Å². The summed E-state index contributed by atoms with van der Waals surface area (Å²) in [5, 5.41) is 0. The van der Waals surface area contributed by atoms with Crippen LogP contribution in [0.2, 0.25) is 0 Å². The fourth-order valence-corrected chi connectivity index (χ4v) is 1.20. The summed E-state index contributed by atoms with van der Waals surface area (Å²) >= 11 is 0. The number of carbonyl (C=O) groups is 1. The number of amidine groups is 1. The zero-order chi connectivity index (χ0) is 11.8. The van der Waals surface area contributed by atoms with Crippen molar-refractivity contribution in [3.63, 3.8) is 0 Å². The summed E-state index contributed by atoms with van der Waals surface area (Å²) in [5.74, 6) is -1.94. The molecule has 0 saturated carbocycles. The van der Waals surface area contributed by atoms with E-state index in [1.165, 1.54) is 25.9 Å². The molecule has 1 rings (SSSR count). The van der Waals surface area contributed by atoms with Crippen LogP contribution in [0.1, 0.15) is 6.92 Å². The van der Waals surface area contributed by atoms with E-state index in [1.54, 1.807) is 0 Å². The third kappa shape index (κ3) is 2.37. The number of likely N-dealkylation sites (N-methyl/N-ethyl adjacent to an activating group) is 1. The third-order valence-corrected chi connectivity index (χ3v) is 2.13. The highest BCUT2D eigenvalue weighted by molar-refractivity contribution is 6.05. The number of alkyl halides is 3. The first kappa shape index (κ1) is 11.7. The summed E-state index contributed by atoms with van der Waals surface area (Å²) in [4.78, 5) is 16.1. The molecule has 0 aromatic heterocycles. The molecule has 1 unspecified atom stereocenters. The summed E-state index contributed by atoms with van der Waals surface area (Å²) in [6.07, 6.45) is -3.57. The van der Waals surface area contributed by atoms with Crippen molar-refractivity contribution in [2.45, 2.75) is 13.1 Å². The number of dihydropyridines is 1. The minimum atomic E-state index is -4.48. The molecule has 1 aliphatic rings. The Morgan fingerprint density at radius 1 is 1.40 bits per heavy atom. The van der Waals surface area contributed by atoms with Crippen LogP contribution in [-0.2, 0) is 4.79 Å². The van der Waals surface area contributed by atoms with Crippen LogP contribution in [0.25, 0.3) is 0 Å². The molecular formula is C9H11F3N2O. The smallest absolute Gasteiger partial charge is 0.363 e. The summed E-state index contributed by atoms with van der Waals surface area (Å²) < 4.78 is 37.5. The Labute approximate surface area is 85.3 Å². The Morgan fingerprint density at radius 2 is 1.93 bits per heavy atom. The number of halogens is 3. The van der Waals surface area contributed by atoms with Gasteiger partial charge in [0, 0.05) is 19.7 Å². The molecule has 1 amide bonds. The number of rotatable bonds is 0. The quantitative estimate of drug-likeness (QED) is 0.621. The van der Waals surface area contributed by atoms with Crippen molar-refractivity contribution in [3.05, 3.63) is 11.6 Å². The Morgan fingerprint density at radius 3 is 2.33 bits per heavy atom. The predicted octanol–water partition coefficient (Wildman–Crippen LogP) is 1.61. The lowest BCUT2D eigenvalue weighted by atomic mass is 9.97. The maximum atomic E-state index is 12.5. The molecule has 15 heavy (non-hydrogen) atoms. The minimum Gasteiger partial charge on any atom is -0.363 e. The second-order valence-corrected chi connectivity index (χ2v) is 3.52. The maximum Gasteiger partial charge on any atom is 0.413 e. The van der Waals surface area contributed by atoms with E-state index in [0.29, 0.717) is 0 Å². The van der Waals surface area contributed by atoms with Gasteiger partial charge in [0.15, 0.2) is 0 Å². The Kier molecular flexibility index (Phi) is 2.88. The minimum absolute atomic E-state index is 0.0328. The number of hydrogen-bond acceptors (Lipinski definition) is 2. The Bertz CT molecular complexity index is 342. The van der Waals surface area contributed by atoms with Gasteiger partial charge in [-0.1, -0.05) is 0 Å². The van der Waals surface area contributed by atoms with Crippen LogP contribution in [-0.4, -0.2) is 36.9 Å². The zero-order valence-electron chi connectivity index (χ0n) is 8.59. The van der Waals surface area contributed by atoms with E-state index in [2.05, 4.69) is 4.99 Å². The monoisotopic (exact) mass is 220 g/mol. The van der Waals surface area contributed by atoms with E-state index in [4.69, 9.17) is 0 Å². The molecule has 0 radical (unpaired) electrons. The van der Waals surface area contributed by atoms with E-state index >= 15 is 0 Å². The van der Waals surface area contributed by atoms with Crippen molar-refractivity contribution in [1.82, 2.24) is 4.90 Å². The largest absolute Gasteiger partial charge is 0.413 e. The van der Waals surface area contributed by atoms with E-state index in [9.17, 15) is 18.0 Å². The van der Waals surface area contributed by atoms with Crippen LogP contribution in [0.3, 0.4) is 0 Å². The van der Waals surface area contributed by atoms with Crippen LogP contribution in [0, 0.1) is 5.92 Å². The zero-order valence-corrected chi connectivity index (χ0v) is 8.59. The normalized spacial score (nSPS) is 22.3. The van der Waals surface area contributed by atoms with Crippen molar-refractivity contribution < 1.29 is 18.0 Å². The van der Waals surface area contributed by atoms with Gasteiger partial charge in [-0.25, -0.2) is 0 Å². The summed E-state index contributed by atoms with van der Waals surface area (Å²) in [7, 11) is 3.07. The Hall–Kier alpha value is -1.33. The number of nitrogens with zero attached hydrogens (tertiary/aromatic N) is 2. The van der Waals surface area contributed by atoms with Crippen LogP contribution >= 0.6 is 0 Å². The van der Waals surface area contributed by atoms with Crippen LogP contribution in [0.15, 0.2) is 16.6 Å². The summed E-state index contributed by atoms with van der Waals surface area (Å²) in [6.45, 7) is 1.21. The van der Waals surface area contributed by atoms with Crippen LogP contribution in [0.5, 0.6) is 0 Å². The molecule has 1 heterocycles. The lowest BCUT2D eigenvalue weighted by Crippen LogP contribution is -2.32. The van der Waals surface area contributed by atoms with Gasteiger partial charge in [0.1, 0.15) is 5.84 Å². The standard InChI is InChI=1S/C9H11F3N2O/c1-5-6(9(10,11)12)4-7(14(2)3)13-8(5)15/h4-5H,1-3H3. The van der Waals surface area contributed by atoms with E-state index < -0.39 is 23.6 Å². The highest BCUT2D eigenvalue weighted by Crippen LogP contribution is 2.33. The molecule has 1 aliphatic heterocycles. The molecule has 0 spiro atoms. The van der Waals surface area contributed by atoms with Gasteiger partial charge >= 0.3 is 6.18 Å². The van der Waals surface area contributed by atoms with E-state index in [-0.39, 0.29) is 5.84 Å². The molecule has 0 aliphatic carbocycles. The van der Waals surface area contributed by atoms with E-state index in [0.717, 1.165) is 6.08 Å². The molecular weight excluding hydrogens is 209 g/mol. The number of hydrogen-bond donors (Lipinski definition) is 0. The maximum absolute atomic E-state index is 12.5. The summed E-state index contributed by atoms with van der Waals surface area (Å²) in [6, 6.07) is 0. The number of carbonyl (C=O) groups excluding carboxylic acids is 1. The first-order chi connectivity index (χ1) is 6.73. The van der Waals surface area contributed by atoms with Gasteiger partial charge in [-0.3, -0.25) is 4.79 Å². The SMILES string of the molecule is CC1C(=O)N=C(N(C)C)C=C1C(F)(F)F. The van der Waals surface area contributed by atoms with Crippen molar-refractivity contribution in [1.29, 1.82) is 0 Å². The van der Waals surface area contributed by atoms with E-state index in [1.807, 2.05) is 0 Å². The lowest BCUT2D eigenvalue weighted by molar-refractivity contribution is -0.127. The van der Waals surface area contributed by atoms with Crippen molar-refractivity contribution in [3.8, 4) is 0 Å². The highest BCUT2D eigenvalue weighted by Gasteiger charge is 2.41. The molecule has 84 valence electrons. The van der Waals surface area contributed by atoms with Gasteiger partial charge in [-0.15, -0.1) is 0 Å². The average Bonchev–Trinajstić information content (AvgIpc) is 2.06. The first-order valence-electron chi connectivity index (χ1n) is 4.32. The van der Waals surface area contributed by atoms with Gasteiger partial charge in [-0.05, 0) is 13.0 Å². The Balaban J connectivity index is 3.15. The second kappa shape index (κ2) is 3.67. The van der Waals surface area contributed by atoms with Crippen molar-refractivity contribution in [2.75, 3.05) is 14.1 Å². The molecule has 1 atom stereocenters. The topological polar surface area (TPSA) is 32.7 Å². The van der Waals surface area contributed by atoms with Gasteiger partial charge < -0.3 is 4.90 Å². The first-order valence-corrected chi connectivity index (χ1v) is 4.32. The van der Waals surface area contributed by atoms with Gasteiger partial charge in [0.05, 0.1) is 5.92 Å². The van der Waals surface area contributed by atoms with Crippen LogP contribution in [0.4, 0.5) is 13.2 Å². The predicted molar refractivity (Wildman–Crippen MR) is 49.4 cm³/mol. The molecule has 0 aromatic rings. The van der Waals surface area contributed by atoms with Crippen molar-refractivity contribution >= 4 is 11.7 Å². The van der Waals surface area contributed by atoms with Gasteiger partial charge in [0.25, 0.3) is 5.91 Å². The lowest BCUT2D eigenvalue weighted by Gasteiger charge is -2.23. The number of aliphatic imine (C=N–C) groups is 1. The second-order valence-electron chi connectivity index (χ2n) is 3.52. The summed E-state index contributed by atoms with van der Waals surface area (Å²) in [5.41, 5.74) is -0.841. The molecule has 0 aromatic carbocycles. The van der Waals surface area contributed by atoms with Gasteiger partial charge in [-0.2, -0.15) is 18.2 Å². The third-order valence-electron chi connectivity index (χ3n) is 2.13. The fourth-order valence-electron chi connectivity index (χ4n) is 1.20. The highest BCUT2D eigenvalue weighted by atomic mass is 19.4. The molecule has 0 fully saturated rings. The molecule has 3 nitrogen and oxygen atoms in total. The molecule has 6 heteroatoms. The molecule has 0 bridgehead atoms. The number of amides is 1. The molecule has 0 N–H and O–H groups in total.